The van der Waals surface area contributed by atoms with Crippen LogP contribution < -0.4 is 0 Å². The summed E-state index contributed by atoms with van der Waals surface area (Å²) in [5.74, 6) is 0. The lowest BCUT2D eigenvalue weighted by Gasteiger charge is -2.14. The molecule has 88 valence electrons. The van der Waals surface area contributed by atoms with E-state index in [9.17, 15) is 0 Å². The molecule has 0 bridgehead atoms. The Balaban J connectivity index is 2.31. The predicted molar refractivity (Wildman–Crippen MR) is 77.9 cm³/mol. The number of halogens is 1. The first-order valence-corrected chi connectivity index (χ1v) is 6.89. The zero-order valence-corrected chi connectivity index (χ0v) is 11.9. The molecule has 0 heterocycles. The van der Waals surface area contributed by atoms with Crippen molar-refractivity contribution in [1.82, 2.24) is 0 Å². The number of hydrogen-bond acceptors (Lipinski definition) is 1. The van der Waals surface area contributed by atoms with E-state index < -0.39 is 0 Å². The van der Waals surface area contributed by atoms with Gasteiger partial charge in [-0.05, 0) is 18.4 Å². The van der Waals surface area contributed by atoms with E-state index in [1.54, 1.807) is 0 Å². The van der Waals surface area contributed by atoms with Gasteiger partial charge in [0.05, 0.1) is 12.7 Å². The van der Waals surface area contributed by atoms with Crippen molar-refractivity contribution in [3.63, 3.8) is 0 Å². The first kappa shape index (κ1) is 13.7. The molecule has 0 radical (unpaired) electrons. The predicted octanol–water partition coefficient (Wildman–Crippen LogP) is 4.36. The van der Waals surface area contributed by atoms with Crippen LogP contribution in [0.25, 0.3) is 0 Å². The van der Waals surface area contributed by atoms with Crippen molar-refractivity contribution in [3.8, 4) is 0 Å². The van der Waals surface area contributed by atoms with Crippen LogP contribution in [0.1, 0.15) is 25.3 Å². The van der Waals surface area contributed by atoms with Crippen molar-refractivity contribution in [2.24, 2.45) is 0 Å². The topological polar surface area (TPSA) is 9.23 Å². The quantitative estimate of drug-likeness (QED) is 0.410. The summed E-state index contributed by atoms with van der Waals surface area (Å²) < 4.78 is 6.50. The molecule has 16 heavy (non-hydrogen) atoms. The van der Waals surface area contributed by atoms with E-state index in [4.69, 9.17) is 4.74 Å². The molecule has 0 saturated carbocycles. The van der Waals surface area contributed by atoms with Gasteiger partial charge in [0.2, 0.25) is 0 Å². The van der Waals surface area contributed by atoms with Crippen LogP contribution in [0, 0.1) is 0 Å². The van der Waals surface area contributed by atoms with Crippen LogP contribution in [0.15, 0.2) is 43.0 Å². The highest BCUT2D eigenvalue weighted by Crippen LogP contribution is 2.13. The van der Waals surface area contributed by atoms with Crippen LogP contribution >= 0.6 is 22.6 Å². The molecule has 0 aliphatic carbocycles. The molecule has 0 aromatic heterocycles. The van der Waals surface area contributed by atoms with Gasteiger partial charge in [-0.25, -0.2) is 0 Å². The Morgan fingerprint density at radius 1 is 1.31 bits per heavy atom. The zero-order chi connectivity index (χ0) is 11.8. The largest absolute Gasteiger partial charge is 0.369 e. The van der Waals surface area contributed by atoms with Gasteiger partial charge in [0.1, 0.15) is 0 Å². The Kier molecular flexibility index (Phi) is 6.73. The maximum absolute atomic E-state index is 5.81. The second-order valence-corrected chi connectivity index (χ2v) is 6.06. The second-order valence-electron chi connectivity index (χ2n) is 3.93. The Bertz CT molecular complexity index is 295. The van der Waals surface area contributed by atoms with Gasteiger partial charge in [-0.1, -0.05) is 65.9 Å². The van der Waals surface area contributed by atoms with E-state index in [1.165, 1.54) is 12.0 Å². The van der Waals surface area contributed by atoms with Gasteiger partial charge >= 0.3 is 0 Å². The van der Waals surface area contributed by atoms with Gasteiger partial charge in [-0.15, -0.1) is 6.58 Å². The lowest BCUT2D eigenvalue weighted by Crippen LogP contribution is -2.11. The van der Waals surface area contributed by atoms with Gasteiger partial charge in [0.15, 0.2) is 0 Å². The Hall–Kier alpha value is -0.350. The number of rotatable bonds is 7. The Morgan fingerprint density at radius 3 is 2.56 bits per heavy atom. The summed E-state index contributed by atoms with van der Waals surface area (Å²) in [6.07, 6.45) is 4.31. The number of hydrogen-bond donors (Lipinski definition) is 0. The van der Waals surface area contributed by atoms with Crippen molar-refractivity contribution in [2.45, 2.75) is 36.4 Å². The SMILES string of the molecule is C=CC(CCC(C)I)OCc1ccccc1. The molecular weight excluding hydrogens is 311 g/mol. The maximum Gasteiger partial charge on any atom is 0.0758 e. The standard InChI is InChI=1S/C14H19IO/c1-3-14(10-9-12(2)15)16-11-13-7-5-4-6-8-13/h3-8,12,14H,1,9-11H2,2H3. The second kappa shape index (κ2) is 7.85. The third-order valence-electron chi connectivity index (χ3n) is 2.42. The van der Waals surface area contributed by atoms with Gasteiger partial charge in [0, 0.05) is 3.92 Å². The molecule has 0 saturated heterocycles. The third-order valence-corrected chi connectivity index (χ3v) is 3.04. The molecule has 0 fully saturated rings. The van der Waals surface area contributed by atoms with E-state index in [1.807, 2.05) is 24.3 Å². The molecule has 2 unspecified atom stereocenters. The Labute approximate surface area is 112 Å². The fraction of sp³-hybridized carbons (Fsp3) is 0.429. The number of alkyl halides is 1. The molecule has 1 nitrogen and oxygen atoms in total. The first-order valence-electron chi connectivity index (χ1n) is 5.64. The zero-order valence-electron chi connectivity index (χ0n) is 9.73. The van der Waals surface area contributed by atoms with E-state index >= 15 is 0 Å². The fourth-order valence-corrected chi connectivity index (χ4v) is 1.80. The monoisotopic (exact) mass is 330 g/mol. The van der Waals surface area contributed by atoms with Crippen LogP contribution in [0.4, 0.5) is 0 Å². The summed E-state index contributed by atoms with van der Waals surface area (Å²) in [4.78, 5) is 0. The lowest BCUT2D eigenvalue weighted by molar-refractivity contribution is 0.0657. The van der Waals surface area contributed by atoms with E-state index in [-0.39, 0.29) is 6.10 Å². The highest BCUT2D eigenvalue weighted by atomic mass is 127. The minimum absolute atomic E-state index is 0.178. The van der Waals surface area contributed by atoms with Crippen molar-refractivity contribution in [3.05, 3.63) is 48.6 Å². The third kappa shape index (κ3) is 5.66. The normalized spacial score (nSPS) is 14.4. The van der Waals surface area contributed by atoms with E-state index in [0.717, 1.165) is 6.42 Å². The van der Waals surface area contributed by atoms with Crippen molar-refractivity contribution >= 4 is 22.6 Å². The van der Waals surface area contributed by atoms with Crippen LogP contribution in [0.2, 0.25) is 0 Å². The molecule has 0 spiro atoms. The minimum Gasteiger partial charge on any atom is -0.369 e. The molecule has 0 N–H and O–H groups in total. The number of ether oxygens (including phenoxy) is 1. The molecule has 2 heteroatoms. The van der Waals surface area contributed by atoms with Gasteiger partial charge in [-0.3, -0.25) is 0 Å². The first-order chi connectivity index (χ1) is 7.72. The average Bonchev–Trinajstić information content (AvgIpc) is 2.30. The van der Waals surface area contributed by atoms with Crippen molar-refractivity contribution < 1.29 is 4.74 Å². The van der Waals surface area contributed by atoms with Crippen LogP contribution in [-0.4, -0.2) is 10.0 Å². The number of benzene rings is 1. The average molecular weight is 330 g/mol. The molecule has 1 aromatic carbocycles. The molecule has 0 aliphatic rings. The molecule has 2 atom stereocenters. The van der Waals surface area contributed by atoms with Crippen molar-refractivity contribution in [2.75, 3.05) is 0 Å². The summed E-state index contributed by atoms with van der Waals surface area (Å²) in [5.41, 5.74) is 1.22. The highest BCUT2D eigenvalue weighted by Gasteiger charge is 2.06. The van der Waals surface area contributed by atoms with E-state index in [2.05, 4.69) is 48.2 Å². The highest BCUT2D eigenvalue weighted by molar-refractivity contribution is 14.1. The molecule has 0 amide bonds. The molecule has 1 rings (SSSR count). The summed E-state index contributed by atoms with van der Waals surface area (Å²) in [7, 11) is 0. The van der Waals surface area contributed by atoms with Gasteiger partial charge in [-0.2, -0.15) is 0 Å². The smallest absolute Gasteiger partial charge is 0.0758 e. The van der Waals surface area contributed by atoms with Crippen molar-refractivity contribution in [1.29, 1.82) is 0 Å². The van der Waals surface area contributed by atoms with Gasteiger partial charge in [0.25, 0.3) is 0 Å². The summed E-state index contributed by atoms with van der Waals surface area (Å²) in [6.45, 7) is 6.72. The van der Waals surface area contributed by atoms with Crippen LogP contribution in [0.3, 0.4) is 0 Å². The molecular formula is C14H19IO. The van der Waals surface area contributed by atoms with Gasteiger partial charge < -0.3 is 4.74 Å². The Morgan fingerprint density at radius 2 is 2.00 bits per heavy atom. The summed E-state index contributed by atoms with van der Waals surface area (Å²) in [5, 5.41) is 0. The summed E-state index contributed by atoms with van der Waals surface area (Å²) in [6, 6.07) is 10.3. The fourth-order valence-electron chi connectivity index (χ4n) is 1.44. The molecule has 0 aliphatic heterocycles. The van der Waals surface area contributed by atoms with Crippen LogP contribution in [0.5, 0.6) is 0 Å². The molecule has 1 aromatic rings. The summed E-state index contributed by atoms with van der Waals surface area (Å²) >= 11 is 2.44. The minimum atomic E-state index is 0.178. The maximum atomic E-state index is 5.81. The lowest BCUT2D eigenvalue weighted by atomic mass is 10.1. The van der Waals surface area contributed by atoms with E-state index in [0.29, 0.717) is 10.5 Å². The van der Waals surface area contributed by atoms with Crippen LogP contribution in [-0.2, 0) is 11.3 Å².